The van der Waals surface area contributed by atoms with Crippen LogP contribution in [-0.2, 0) is 9.53 Å². The van der Waals surface area contributed by atoms with Crippen LogP contribution < -0.4 is 0 Å². The number of carbonyl (C=O) groups excluding carboxylic acids is 1. The Labute approximate surface area is 51.8 Å². The average molecular weight is 133 g/mol. The van der Waals surface area contributed by atoms with Crippen molar-refractivity contribution in [3.05, 3.63) is 10.1 Å². The number of hydrogen-bond acceptors (Lipinski definition) is 4. The van der Waals surface area contributed by atoms with Crippen LogP contribution in [0.15, 0.2) is 0 Å². The lowest BCUT2D eigenvalue weighted by molar-refractivity contribution is -0.562. The maximum atomic E-state index is 10.0. The van der Waals surface area contributed by atoms with Gasteiger partial charge in [0.05, 0.1) is 4.92 Å². The van der Waals surface area contributed by atoms with E-state index in [4.69, 9.17) is 0 Å². The molecule has 0 radical (unpaired) electrons. The van der Waals surface area contributed by atoms with Crippen molar-refractivity contribution >= 4 is 5.97 Å². The summed E-state index contributed by atoms with van der Waals surface area (Å²) in [6.45, 7) is 2.32. The van der Waals surface area contributed by atoms with Crippen molar-refractivity contribution in [3.63, 3.8) is 0 Å². The molecule has 1 unspecified atom stereocenters. The third kappa shape index (κ3) is 3.45. The smallest absolute Gasteiger partial charge is 0.353 e. The molecule has 0 amide bonds. The molecule has 5 heteroatoms. The molecular weight excluding hydrogens is 126 g/mol. The van der Waals surface area contributed by atoms with Crippen LogP contribution in [0.2, 0.25) is 0 Å². The first-order chi connectivity index (χ1) is 4.04. The van der Waals surface area contributed by atoms with E-state index in [9.17, 15) is 14.9 Å². The molecule has 52 valence electrons. The van der Waals surface area contributed by atoms with Crippen molar-refractivity contribution in [1.82, 2.24) is 0 Å². The summed E-state index contributed by atoms with van der Waals surface area (Å²) in [7, 11) is 0. The molecule has 0 saturated heterocycles. The first-order valence-corrected chi connectivity index (χ1v) is 2.34. The Balaban J connectivity index is 3.63. The lowest BCUT2D eigenvalue weighted by atomic mass is 10.7. The van der Waals surface area contributed by atoms with Gasteiger partial charge in [-0.25, -0.2) is 0 Å². The second-order valence-corrected chi connectivity index (χ2v) is 1.49. The number of ether oxygens (including phenoxy) is 1. The summed E-state index contributed by atoms with van der Waals surface area (Å²) < 4.78 is 4.17. The van der Waals surface area contributed by atoms with E-state index in [1.54, 1.807) is 0 Å². The van der Waals surface area contributed by atoms with Crippen molar-refractivity contribution < 1.29 is 14.5 Å². The first-order valence-electron chi connectivity index (χ1n) is 2.34. The normalized spacial score (nSPS) is 12.2. The van der Waals surface area contributed by atoms with Gasteiger partial charge >= 0.3 is 12.2 Å². The standard InChI is InChI=1S/C4H7NO4/c1-3(5(7)8)9-4(2)6/h3H,1-2H3. The van der Waals surface area contributed by atoms with Crippen LogP contribution in [0.3, 0.4) is 0 Å². The Morgan fingerprint density at radius 2 is 2.22 bits per heavy atom. The zero-order chi connectivity index (χ0) is 7.44. The number of carbonyl (C=O) groups is 1. The molecule has 0 aliphatic carbocycles. The first kappa shape index (κ1) is 7.87. The topological polar surface area (TPSA) is 69.4 Å². The van der Waals surface area contributed by atoms with Gasteiger partial charge in [0.15, 0.2) is 0 Å². The minimum absolute atomic E-state index is 0.640. The van der Waals surface area contributed by atoms with Crippen LogP contribution in [0.25, 0.3) is 0 Å². The second-order valence-electron chi connectivity index (χ2n) is 1.49. The number of esters is 1. The van der Waals surface area contributed by atoms with Crippen LogP contribution in [-0.4, -0.2) is 17.1 Å². The van der Waals surface area contributed by atoms with Gasteiger partial charge in [-0.3, -0.25) is 14.9 Å². The molecule has 0 aromatic carbocycles. The van der Waals surface area contributed by atoms with Gasteiger partial charge in [0.2, 0.25) is 0 Å². The van der Waals surface area contributed by atoms with Gasteiger partial charge in [0.25, 0.3) is 0 Å². The van der Waals surface area contributed by atoms with Crippen molar-refractivity contribution in [1.29, 1.82) is 0 Å². The summed E-state index contributed by atoms with van der Waals surface area (Å²) in [5, 5.41) is 9.76. The fourth-order valence-electron chi connectivity index (χ4n) is 0.283. The molecular formula is C4H7NO4. The molecule has 0 rings (SSSR count). The molecule has 0 heterocycles. The Bertz CT molecular complexity index is 133. The largest absolute Gasteiger partial charge is 0.398 e. The van der Waals surface area contributed by atoms with Crippen molar-refractivity contribution in [3.8, 4) is 0 Å². The Kier molecular flexibility index (Phi) is 2.63. The molecule has 0 spiro atoms. The summed E-state index contributed by atoms with van der Waals surface area (Å²) >= 11 is 0. The van der Waals surface area contributed by atoms with E-state index < -0.39 is 17.1 Å². The maximum Gasteiger partial charge on any atom is 0.353 e. The van der Waals surface area contributed by atoms with Gasteiger partial charge < -0.3 is 4.74 Å². The van der Waals surface area contributed by atoms with Crippen LogP contribution in [0.4, 0.5) is 0 Å². The van der Waals surface area contributed by atoms with Crippen LogP contribution >= 0.6 is 0 Å². The molecule has 0 aliphatic rings. The molecule has 1 atom stereocenters. The molecule has 5 nitrogen and oxygen atoms in total. The van der Waals surface area contributed by atoms with Crippen molar-refractivity contribution in [2.24, 2.45) is 0 Å². The molecule has 0 aliphatic heterocycles. The fourth-order valence-corrected chi connectivity index (χ4v) is 0.283. The van der Waals surface area contributed by atoms with Gasteiger partial charge in [-0.1, -0.05) is 0 Å². The summed E-state index contributed by atoms with van der Waals surface area (Å²) in [5.41, 5.74) is 0. The molecule has 0 N–H and O–H groups in total. The average Bonchev–Trinajstić information content (AvgIpc) is 1.63. The summed E-state index contributed by atoms with van der Waals surface area (Å²) in [4.78, 5) is 19.1. The summed E-state index contributed by atoms with van der Waals surface area (Å²) in [6, 6.07) is 0. The monoisotopic (exact) mass is 133 g/mol. The minimum Gasteiger partial charge on any atom is -0.398 e. The minimum atomic E-state index is -1.23. The number of nitrogens with zero attached hydrogens (tertiary/aromatic N) is 1. The summed E-state index contributed by atoms with van der Waals surface area (Å²) in [6.07, 6.45) is -1.23. The van der Waals surface area contributed by atoms with Crippen molar-refractivity contribution in [2.75, 3.05) is 0 Å². The Hall–Kier alpha value is -1.13. The van der Waals surface area contributed by atoms with E-state index in [0.29, 0.717) is 0 Å². The second kappa shape index (κ2) is 3.01. The third-order valence-corrected chi connectivity index (χ3v) is 0.633. The van der Waals surface area contributed by atoms with Gasteiger partial charge in [0.1, 0.15) is 0 Å². The highest BCUT2D eigenvalue weighted by Gasteiger charge is 2.14. The molecule has 0 aromatic heterocycles. The number of nitro groups is 1. The number of rotatable bonds is 2. The molecule has 0 fully saturated rings. The molecule has 0 bridgehead atoms. The molecule has 0 aromatic rings. The predicted molar refractivity (Wildman–Crippen MR) is 28.2 cm³/mol. The Morgan fingerprint density at radius 3 is 2.33 bits per heavy atom. The van der Waals surface area contributed by atoms with Crippen molar-refractivity contribution in [2.45, 2.75) is 20.1 Å². The summed E-state index contributed by atoms with van der Waals surface area (Å²) in [5.74, 6) is -0.640. The van der Waals surface area contributed by atoms with Crippen LogP contribution in [0.5, 0.6) is 0 Å². The van der Waals surface area contributed by atoms with E-state index in [2.05, 4.69) is 4.74 Å². The molecule has 0 saturated carbocycles. The highest BCUT2D eigenvalue weighted by Crippen LogP contribution is 1.89. The number of hydrogen-bond donors (Lipinski definition) is 0. The SMILES string of the molecule is CC(=O)OC(C)[N+](=O)[O-]. The maximum absolute atomic E-state index is 10.0. The van der Waals surface area contributed by atoms with Crippen LogP contribution in [0, 0.1) is 10.1 Å². The highest BCUT2D eigenvalue weighted by molar-refractivity contribution is 5.65. The zero-order valence-electron chi connectivity index (χ0n) is 5.16. The van der Waals surface area contributed by atoms with E-state index >= 15 is 0 Å². The highest BCUT2D eigenvalue weighted by atomic mass is 16.7. The van der Waals surface area contributed by atoms with Gasteiger partial charge in [-0.2, -0.15) is 0 Å². The van der Waals surface area contributed by atoms with Crippen LogP contribution in [0.1, 0.15) is 13.8 Å². The Morgan fingerprint density at radius 1 is 1.78 bits per heavy atom. The van der Waals surface area contributed by atoms with E-state index in [1.807, 2.05) is 0 Å². The lowest BCUT2D eigenvalue weighted by Crippen LogP contribution is -2.21. The lowest BCUT2D eigenvalue weighted by Gasteiger charge is -2.00. The quantitative estimate of drug-likeness (QED) is 0.233. The fraction of sp³-hybridized carbons (Fsp3) is 0.750. The van der Waals surface area contributed by atoms with E-state index in [0.717, 1.165) is 6.92 Å². The zero-order valence-corrected chi connectivity index (χ0v) is 5.16. The van der Waals surface area contributed by atoms with E-state index in [-0.39, 0.29) is 0 Å². The molecule has 9 heavy (non-hydrogen) atoms. The van der Waals surface area contributed by atoms with Gasteiger partial charge in [-0.05, 0) is 0 Å². The predicted octanol–water partition coefficient (Wildman–Crippen LogP) is 0.172. The van der Waals surface area contributed by atoms with Gasteiger partial charge in [0, 0.05) is 13.8 Å². The third-order valence-electron chi connectivity index (χ3n) is 0.633. The van der Waals surface area contributed by atoms with Gasteiger partial charge in [-0.15, -0.1) is 0 Å². The van der Waals surface area contributed by atoms with E-state index in [1.165, 1.54) is 6.92 Å².